The maximum atomic E-state index is 12.6. The monoisotopic (exact) mass is 295 g/mol. The Balaban J connectivity index is 2.27. The molecule has 0 amide bonds. The molecule has 1 aromatic rings. The number of sulfonamides is 1. The van der Waals surface area contributed by atoms with E-state index in [0.717, 1.165) is 19.3 Å². The molecule has 1 unspecified atom stereocenters. The van der Waals surface area contributed by atoms with Crippen molar-refractivity contribution in [2.75, 3.05) is 6.54 Å². The second-order valence-corrected chi connectivity index (χ2v) is 7.15. The summed E-state index contributed by atoms with van der Waals surface area (Å²) in [5, 5.41) is 0. The highest BCUT2D eigenvalue weighted by Gasteiger charge is 2.30. The minimum atomic E-state index is -3.44. The lowest BCUT2D eigenvalue weighted by Crippen LogP contribution is -2.41. The van der Waals surface area contributed by atoms with Crippen LogP contribution in [-0.4, -0.2) is 31.1 Å². The summed E-state index contributed by atoms with van der Waals surface area (Å²) in [7, 11) is -3.44. The van der Waals surface area contributed by atoms with Gasteiger partial charge in [-0.1, -0.05) is 25.5 Å². The summed E-state index contributed by atoms with van der Waals surface area (Å²) in [5.41, 5.74) is 0.568. The Morgan fingerprint density at radius 3 is 2.45 bits per heavy atom. The van der Waals surface area contributed by atoms with Crippen LogP contribution in [0.3, 0.4) is 0 Å². The third-order valence-electron chi connectivity index (χ3n) is 3.85. The Labute approximate surface area is 120 Å². The largest absolute Gasteiger partial charge is 0.294 e. The number of carbonyl (C=O) groups is 1. The van der Waals surface area contributed by atoms with Gasteiger partial charge in [-0.05, 0) is 31.9 Å². The van der Waals surface area contributed by atoms with E-state index in [9.17, 15) is 13.2 Å². The third kappa shape index (κ3) is 2.94. The molecule has 110 valence electrons. The SMILES string of the molecule is CCC(=O)c1ccc(S(=O)(=O)N2CCCCC2C)cc1. The molecule has 5 heteroatoms. The number of hydrogen-bond donors (Lipinski definition) is 0. The van der Waals surface area contributed by atoms with E-state index in [0.29, 0.717) is 18.5 Å². The number of benzene rings is 1. The van der Waals surface area contributed by atoms with Crippen LogP contribution in [0.2, 0.25) is 0 Å². The Kier molecular flexibility index (Phi) is 4.60. The first-order valence-corrected chi connectivity index (χ1v) is 8.56. The Morgan fingerprint density at radius 1 is 1.25 bits per heavy atom. The van der Waals surface area contributed by atoms with Gasteiger partial charge in [-0.3, -0.25) is 4.79 Å². The summed E-state index contributed by atoms with van der Waals surface area (Å²) >= 11 is 0. The van der Waals surface area contributed by atoms with Crippen molar-refractivity contribution in [2.24, 2.45) is 0 Å². The predicted molar refractivity (Wildman–Crippen MR) is 78.3 cm³/mol. The number of hydrogen-bond acceptors (Lipinski definition) is 3. The molecule has 1 aliphatic rings. The van der Waals surface area contributed by atoms with Gasteiger partial charge in [0.05, 0.1) is 4.90 Å². The van der Waals surface area contributed by atoms with Crippen LogP contribution in [0.25, 0.3) is 0 Å². The fourth-order valence-electron chi connectivity index (χ4n) is 2.58. The van der Waals surface area contributed by atoms with Gasteiger partial charge in [0.15, 0.2) is 5.78 Å². The summed E-state index contributed by atoms with van der Waals surface area (Å²) in [6.45, 7) is 4.33. The van der Waals surface area contributed by atoms with Crippen LogP contribution in [0, 0.1) is 0 Å². The molecule has 1 heterocycles. The second-order valence-electron chi connectivity index (χ2n) is 5.26. The van der Waals surface area contributed by atoms with Crippen molar-refractivity contribution in [1.29, 1.82) is 0 Å². The van der Waals surface area contributed by atoms with Crippen molar-refractivity contribution >= 4 is 15.8 Å². The van der Waals surface area contributed by atoms with E-state index >= 15 is 0 Å². The number of ketones is 1. The lowest BCUT2D eigenvalue weighted by molar-refractivity contribution is 0.0988. The molecule has 2 rings (SSSR count). The Morgan fingerprint density at radius 2 is 1.90 bits per heavy atom. The zero-order valence-electron chi connectivity index (χ0n) is 12.0. The molecule has 0 aliphatic carbocycles. The minimum Gasteiger partial charge on any atom is -0.294 e. The molecule has 0 radical (unpaired) electrons. The molecule has 0 bridgehead atoms. The normalized spacial score (nSPS) is 20.8. The molecular weight excluding hydrogens is 274 g/mol. The first-order chi connectivity index (χ1) is 9.46. The predicted octanol–water partition coefficient (Wildman–Crippen LogP) is 2.84. The van der Waals surface area contributed by atoms with Gasteiger partial charge in [-0.2, -0.15) is 4.31 Å². The standard InChI is InChI=1S/C15H21NO3S/c1-3-15(17)13-7-9-14(10-8-13)20(18,19)16-11-5-4-6-12(16)2/h7-10,12H,3-6,11H2,1-2H3. The van der Waals surface area contributed by atoms with Crippen LogP contribution in [0.15, 0.2) is 29.2 Å². The first-order valence-electron chi connectivity index (χ1n) is 7.12. The van der Waals surface area contributed by atoms with Gasteiger partial charge in [0.2, 0.25) is 10.0 Å². The molecule has 1 fully saturated rings. The van der Waals surface area contributed by atoms with Crippen LogP contribution in [0.1, 0.15) is 49.9 Å². The van der Waals surface area contributed by atoms with Gasteiger partial charge in [-0.15, -0.1) is 0 Å². The van der Waals surface area contributed by atoms with Crippen molar-refractivity contribution in [3.63, 3.8) is 0 Å². The summed E-state index contributed by atoms with van der Waals surface area (Å²) in [5.74, 6) is 0.0280. The van der Waals surface area contributed by atoms with E-state index in [1.165, 1.54) is 0 Å². The van der Waals surface area contributed by atoms with Crippen molar-refractivity contribution in [3.05, 3.63) is 29.8 Å². The second kappa shape index (κ2) is 6.06. The van der Waals surface area contributed by atoms with E-state index in [-0.39, 0.29) is 16.7 Å². The lowest BCUT2D eigenvalue weighted by atomic mass is 10.1. The van der Waals surface area contributed by atoms with Gasteiger partial charge in [0.25, 0.3) is 0 Å². The van der Waals surface area contributed by atoms with E-state index < -0.39 is 10.0 Å². The third-order valence-corrected chi connectivity index (χ3v) is 5.87. The van der Waals surface area contributed by atoms with Crippen LogP contribution in [0.5, 0.6) is 0 Å². The fourth-order valence-corrected chi connectivity index (χ4v) is 4.28. The van der Waals surface area contributed by atoms with Crippen LogP contribution in [0.4, 0.5) is 0 Å². The van der Waals surface area contributed by atoms with E-state index in [1.54, 1.807) is 35.5 Å². The highest BCUT2D eigenvalue weighted by molar-refractivity contribution is 7.89. The van der Waals surface area contributed by atoms with Crippen molar-refractivity contribution in [1.82, 2.24) is 4.31 Å². The zero-order valence-corrected chi connectivity index (χ0v) is 12.8. The van der Waals surface area contributed by atoms with Crippen molar-refractivity contribution in [2.45, 2.75) is 50.5 Å². The summed E-state index contributed by atoms with van der Waals surface area (Å²) in [6, 6.07) is 6.34. The summed E-state index contributed by atoms with van der Waals surface area (Å²) < 4.78 is 26.8. The maximum Gasteiger partial charge on any atom is 0.243 e. The Bertz CT molecular complexity index is 578. The minimum absolute atomic E-state index is 0.0280. The molecule has 0 saturated carbocycles. The zero-order chi connectivity index (χ0) is 14.8. The van der Waals surface area contributed by atoms with E-state index in [2.05, 4.69) is 0 Å². The topological polar surface area (TPSA) is 54.5 Å². The van der Waals surface area contributed by atoms with Gasteiger partial charge >= 0.3 is 0 Å². The lowest BCUT2D eigenvalue weighted by Gasteiger charge is -2.32. The van der Waals surface area contributed by atoms with Crippen molar-refractivity contribution in [3.8, 4) is 0 Å². The average molecular weight is 295 g/mol. The van der Waals surface area contributed by atoms with Gasteiger partial charge in [0, 0.05) is 24.6 Å². The number of nitrogens with zero attached hydrogens (tertiary/aromatic N) is 1. The summed E-state index contributed by atoms with van der Waals surface area (Å²) in [6.07, 6.45) is 3.33. The number of Topliss-reactive ketones (excluding diaryl/α,β-unsaturated/α-hetero) is 1. The molecule has 20 heavy (non-hydrogen) atoms. The number of rotatable bonds is 4. The molecule has 1 aliphatic heterocycles. The fraction of sp³-hybridized carbons (Fsp3) is 0.533. The molecule has 0 N–H and O–H groups in total. The molecule has 1 atom stereocenters. The van der Waals surface area contributed by atoms with E-state index in [1.807, 2.05) is 6.92 Å². The first kappa shape index (κ1) is 15.2. The molecule has 0 spiro atoms. The quantitative estimate of drug-likeness (QED) is 0.803. The molecule has 0 aromatic heterocycles. The highest BCUT2D eigenvalue weighted by Crippen LogP contribution is 2.25. The molecule has 1 saturated heterocycles. The van der Waals surface area contributed by atoms with E-state index in [4.69, 9.17) is 0 Å². The van der Waals surface area contributed by atoms with Crippen LogP contribution < -0.4 is 0 Å². The van der Waals surface area contributed by atoms with Gasteiger partial charge in [-0.25, -0.2) is 8.42 Å². The molecule has 1 aromatic carbocycles. The van der Waals surface area contributed by atoms with Gasteiger partial charge < -0.3 is 0 Å². The number of carbonyl (C=O) groups excluding carboxylic acids is 1. The van der Waals surface area contributed by atoms with Crippen LogP contribution >= 0.6 is 0 Å². The molecule has 4 nitrogen and oxygen atoms in total. The van der Waals surface area contributed by atoms with Crippen molar-refractivity contribution < 1.29 is 13.2 Å². The highest BCUT2D eigenvalue weighted by atomic mass is 32.2. The Hall–Kier alpha value is -1.20. The number of piperidine rings is 1. The molecular formula is C15H21NO3S. The smallest absolute Gasteiger partial charge is 0.243 e. The summed E-state index contributed by atoms with van der Waals surface area (Å²) in [4.78, 5) is 11.8. The van der Waals surface area contributed by atoms with Gasteiger partial charge in [0.1, 0.15) is 0 Å². The average Bonchev–Trinajstić information content (AvgIpc) is 2.47. The maximum absolute atomic E-state index is 12.6. The van der Waals surface area contributed by atoms with Crippen LogP contribution in [-0.2, 0) is 10.0 Å².